The van der Waals surface area contributed by atoms with Gasteiger partial charge in [0.05, 0.1) is 23.5 Å². The van der Waals surface area contributed by atoms with Crippen molar-refractivity contribution >= 4 is 20.2 Å². The summed E-state index contributed by atoms with van der Waals surface area (Å²) in [5, 5.41) is 22.1. The van der Waals surface area contributed by atoms with Gasteiger partial charge in [-0.05, 0) is 60.2 Å². The lowest BCUT2D eigenvalue weighted by Gasteiger charge is -2.40. The predicted molar refractivity (Wildman–Crippen MR) is 160 cm³/mol. The summed E-state index contributed by atoms with van der Waals surface area (Å²) in [6.07, 6.45) is 0.524. The number of hydrogen-bond acceptors (Lipinski definition) is 4. The highest BCUT2D eigenvalue weighted by Crippen LogP contribution is 2.41. The highest BCUT2D eigenvalue weighted by molar-refractivity contribution is 6.74. The lowest BCUT2D eigenvalue weighted by Crippen LogP contribution is -2.45. The SMILES string of the molecule is Cc1c(CCO[Si](C)(C)C(C)(C)C)nn(-c2ccccc2)c1NC(=O)NC1c2ccccc2C(C)(C)CC1O. The smallest absolute Gasteiger partial charge is 0.320 e. The number of benzene rings is 2. The number of carbonyl (C=O) groups is 1. The Kier molecular flexibility index (Phi) is 8.12. The van der Waals surface area contributed by atoms with Gasteiger partial charge in [0.2, 0.25) is 0 Å². The van der Waals surface area contributed by atoms with E-state index in [-0.39, 0.29) is 16.5 Å². The molecule has 2 unspecified atom stereocenters. The van der Waals surface area contributed by atoms with Crippen LogP contribution in [0.5, 0.6) is 0 Å². The van der Waals surface area contributed by atoms with Gasteiger partial charge in [0, 0.05) is 18.6 Å². The lowest BCUT2D eigenvalue weighted by atomic mass is 9.70. The molecule has 0 aliphatic heterocycles. The molecule has 210 valence electrons. The second-order valence-electron chi connectivity index (χ2n) is 12.8. The average Bonchev–Trinajstić information content (AvgIpc) is 3.16. The summed E-state index contributed by atoms with van der Waals surface area (Å²) in [5.41, 5.74) is 4.57. The topological polar surface area (TPSA) is 88.4 Å². The van der Waals surface area contributed by atoms with Crippen LogP contribution in [0.2, 0.25) is 18.1 Å². The molecule has 3 aromatic rings. The molecule has 1 heterocycles. The average molecular weight is 549 g/mol. The summed E-state index contributed by atoms with van der Waals surface area (Å²) in [6.45, 7) is 18.0. The van der Waals surface area contributed by atoms with Gasteiger partial charge in [-0.15, -0.1) is 0 Å². The number of aromatic nitrogens is 2. The monoisotopic (exact) mass is 548 g/mol. The molecular weight excluding hydrogens is 504 g/mol. The summed E-state index contributed by atoms with van der Waals surface area (Å²) in [5.74, 6) is 0.611. The number of fused-ring (bicyclic) bond motifs is 1. The standard InChI is InChI=1S/C31H44N4O3Si/c1-21-25(18-19-38-39(7,8)30(2,3)4)34-35(22-14-10-9-11-15-22)28(21)33-29(37)32-27-23-16-12-13-17-24(23)31(5,6)20-26(27)36/h9-17,26-27,36H,18-20H2,1-8H3,(H2,32,33,37). The Morgan fingerprint density at radius 3 is 2.44 bits per heavy atom. The molecule has 1 aromatic heterocycles. The zero-order valence-corrected chi connectivity index (χ0v) is 25.6. The van der Waals surface area contributed by atoms with E-state index in [1.807, 2.05) is 55.5 Å². The zero-order valence-electron chi connectivity index (χ0n) is 24.6. The Balaban J connectivity index is 1.58. The number of amides is 2. The van der Waals surface area contributed by atoms with E-state index in [9.17, 15) is 9.90 Å². The summed E-state index contributed by atoms with van der Waals surface area (Å²) in [7, 11) is -1.88. The minimum absolute atomic E-state index is 0.133. The molecule has 1 aliphatic carbocycles. The third-order valence-electron chi connectivity index (χ3n) is 8.48. The lowest BCUT2D eigenvalue weighted by molar-refractivity contribution is 0.0883. The molecule has 7 nitrogen and oxygen atoms in total. The second-order valence-corrected chi connectivity index (χ2v) is 17.7. The molecule has 3 N–H and O–H groups in total. The summed E-state index contributed by atoms with van der Waals surface area (Å²) < 4.78 is 8.20. The van der Waals surface area contributed by atoms with Crippen molar-refractivity contribution in [3.05, 3.63) is 77.0 Å². The van der Waals surface area contributed by atoms with Gasteiger partial charge in [0.1, 0.15) is 5.82 Å². The summed E-state index contributed by atoms with van der Waals surface area (Å²) in [6, 6.07) is 16.9. The van der Waals surface area contributed by atoms with Gasteiger partial charge in [-0.25, -0.2) is 9.48 Å². The van der Waals surface area contributed by atoms with Gasteiger partial charge in [-0.2, -0.15) is 5.10 Å². The van der Waals surface area contributed by atoms with Crippen molar-refractivity contribution in [2.24, 2.45) is 0 Å². The molecule has 0 radical (unpaired) electrons. The van der Waals surface area contributed by atoms with Gasteiger partial charge < -0.3 is 14.8 Å². The van der Waals surface area contributed by atoms with Crippen LogP contribution in [-0.4, -0.2) is 41.9 Å². The molecule has 2 aromatic carbocycles. The van der Waals surface area contributed by atoms with E-state index in [0.717, 1.165) is 28.1 Å². The Morgan fingerprint density at radius 2 is 1.77 bits per heavy atom. The van der Waals surface area contributed by atoms with Crippen LogP contribution in [0.4, 0.5) is 10.6 Å². The largest absolute Gasteiger partial charge is 0.416 e. The summed E-state index contributed by atoms with van der Waals surface area (Å²) in [4.78, 5) is 13.4. The van der Waals surface area contributed by atoms with Crippen molar-refractivity contribution in [2.45, 2.75) is 90.1 Å². The number of para-hydroxylation sites is 1. The van der Waals surface area contributed by atoms with Gasteiger partial charge in [-0.1, -0.05) is 77.1 Å². The van der Waals surface area contributed by atoms with Gasteiger partial charge in [0.15, 0.2) is 8.32 Å². The fraction of sp³-hybridized carbons (Fsp3) is 0.484. The molecular formula is C31H44N4O3Si. The van der Waals surface area contributed by atoms with Crippen molar-refractivity contribution < 1.29 is 14.3 Å². The maximum atomic E-state index is 13.4. The first kappa shape index (κ1) is 29.0. The first-order valence-corrected chi connectivity index (χ1v) is 16.7. The fourth-order valence-corrected chi connectivity index (χ4v) is 6.15. The van der Waals surface area contributed by atoms with Gasteiger partial charge >= 0.3 is 6.03 Å². The number of urea groups is 1. The van der Waals surface area contributed by atoms with E-state index in [4.69, 9.17) is 9.52 Å². The fourth-order valence-electron chi connectivity index (χ4n) is 5.10. The molecule has 0 bridgehead atoms. The van der Waals surface area contributed by atoms with Crippen molar-refractivity contribution in [1.29, 1.82) is 0 Å². The van der Waals surface area contributed by atoms with E-state index in [1.165, 1.54) is 0 Å². The van der Waals surface area contributed by atoms with Crippen LogP contribution in [0, 0.1) is 6.92 Å². The minimum atomic E-state index is -1.88. The number of aliphatic hydroxyl groups is 1. The Morgan fingerprint density at radius 1 is 1.13 bits per heavy atom. The molecule has 0 saturated carbocycles. The Hall–Kier alpha value is -2.94. The second kappa shape index (κ2) is 10.9. The first-order valence-electron chi connectivity index (χ1n) is 13.8. The summed E-state index contributed by atoms with van der Waals surface area (Å²) >= 11 is 0. The molecule has 0 saturated heterocycles. The minimum Gasteiger partial charge on any atom is -0.416 e. The normalized spacial score (nSPS) is 18.9. The van der Waals surface area contributed by atoms with Gasteiger partial charge in [-0.3, -0.25) is 5.32 Å². The van der Waals surface area contributed by atoms with E-state index in [1.54, 1.807) is 4.68 Å². The van der Waals surface area contributed by atoms with Crippen LogP contribution in [0.25, 0.3) is 5.69 Å². The van der Waals surface area contributed by atoms with Crippen LogP contribution in [0.15, 0.2) is 54.6 Å². The predicted octanol–water partition coefficient (Wildman–Crippen LogP) is 6.65. The highest BCUT2D eigenvalue weighted by Gasteiger charge is 2.39. The van der Waals surface area contributed by atoms with E-state index < -0.39 is 20.5 Å². The highest BCUT2D eigenvalue weighted by atomic mass is 28.4. The van der Waals surface area contributed by atoms with Crippen LogP contribution >= 0.6 is 0 Å². The Labute approximate surface area is 234 Å². The van der Waals surface area contributed by atoms with Crippen molar-refractivity contribution in [2.75, 3.05) is 11.9 Å². The molecule has 1 aliphatic rings. The van der Waals surface area contributed by atoms with Crippen molar-refractivity contribution in [3.8, 4) is 5.69 Å². The van der Waals surface area contributed by atoms with E-state index in [2.05, 4.69) is 64.4 Å². The van der Waals surface area contributed by atoms with E-state index >= 15 is 0 Å². The van der Waals surface area contributed by atoms with Crippen molar-refractivity contribution in [3.63, 3.8) is 0 Å². The number of carbonyl (C=O) groups excluding carboxylic acids is 1. The third kappa shape index (κ3) is 6.13. The molecule has 4 rings (SSSR count). The van der Waals surface area contributed by atoms with Crippen LogP contribution in [0.1, 0.15) is 69.5 Å². The van der Waals surface area contributed by atoms with Crippen LogP contribution in [-0.2, 0) is 16.3 Å². The van der Waals surface area contributed by atoms with Crippen molar-refractivity contribution in [1.82, 2.24) is 15.1 Å². The Bertz CT molecular complexity index is 1310. The third-order valence-corrected chi connectivity index (χ3v) is 13.0. The first-order chi connectivity index (χ1) is 18.2. The van der Waals surface area contributed by atoms with Crippen LogP contribution < -0.4 is 10.6 Å². The molecule has 2 atom stereocenters. The zero-order chi connectivity index (χ0) is 28.6. The molecule has 0 spiro atoms. The number of nitrogens with one attached hydrogen (secondary N) is 2. The molecule has 39 heavy (non-hydrogen) atoms. The molecule has 2 amide bonds. The maximum absolute atomic E-state index is 13.4. The van der Waals surface area contributed by atoms with Gasteiger partial charge in [0.25, 0.3) is 0 Å². The molecule has 0 fully saturated rings. The van der Waals surface area contributed by atoms with E-state index in [0.29, 0.717) is 25.3 Å². The number of anilines is 1. The molecule has 8 heteroatoms. The van der Waals surface area contributed by atoms with Crippen LogP contribution in [0.3, 0.4) is 0 Å². The number of rotatable bonds is 7. The quantitative estimate of drug-likeness (QED) is 0.289. The number of hydrogen-bond donors (Lipinski definition) is 3. The number of aliphatic hydroxyl groups excluding tert-OH is 1. The number of nitrogens with zero attached hydrogens (tertiary/aromatic N) is 2. The maximum Gasteiger partial charge on any atom is 0.320 e.